The summed E-state index contributed by atoms with van der Waals surface area (Å²) in [5, 5.41) is 8.26. The third-order valence-electron chi connectivity index (χ3n) is 4.25. The smallest absolute Gasteiger partial charge is 0.421 e. The Bertz CT molecular complexity index is 765. The number of aromatic nitrogens is 4. The van der Waals surface area contributed by atoms with Gasteiger partial charge in [0.05, 0.1) is 26.0 Å². The molecule has 0 bridgehead atoms. The molecule has 1 fully saturated rings. The second-order valence-corrected chi connectivity index (χ2v) is 8.00. The fourth-order valence-corrected chi connectivity index (χ4v) is 4.63. The molecule has 1 aliphatic rings. The summed E-state index contributed by atoms with van der Waals surface area (Å²) >= 11 is 3.27. The van der Waals surface area contributed by atoms with Crippen molar-refractivity contribution in [1.82, 2.24) is 24.6 Å². The second-order valence-electron chi connectivity index (χ2n) is 5.93. The Balaban J connectivity index is 1.56. The van der Waals surface area contributed by atoms with Crippen molar-refractivity contribution in [3.63, 3.8) is 0 Å². The Kier molecular flexibility index (Phi) is 7.50. The molecule has 0 atom stereocenters. The zero-order valence-electron chi connectivity index (χ0n) is 15.5. The van der Waals surface area contributed by atoms with E-state index in [1.54, 1.807) is 0 Å². The number of hydrogen-bond acceptors (Lipinski definition) is 9. The Morgan fingerprint density at radius 1 is 1.33 bits per heavy atom. The van der Waals surface area contributed by atoms with Crippen LogP contribution in [0.5, 0.6) is 0 Å². The van der Waals surface area contributed by atoms with Gasteiger partial charge >= 0.3 is 6.09 Å². The molecule has 0 N–H and O–H groups in total. The third-order valence-corrected chi connectivity index (χ3v) is 6.35. The van der Waals surface area contributed by atoms with Crippen molar-refractivity contribution in [3.8, 4) is 0 Å². The first-order chi connectivity index (χ1) is 13.2. The fourth-order valence-electron chi connectivity index (χ4n) is 2.65. The molecule has 27 heavy (non-hydrogen) atoms. The predicted molar refractivity (Wildman–Crippen MR) is 104 cm³/mol. The van der Waals surface area contributed by atoms with Crippen LogP contribution in [-0.2, 0) is 15.2 Å². The van der Waals surface area contributed by atoms with E-state index in [9.17, 15) is 4.79 Å². The molecule has 0 unspecified atom stereocenters. The van der Waals surface area contributed by atoms with Crippen LogP contribution < -0.4 is 0 Å². The summed E-state index contributed by atoms with van der Waals surface area (Å²) < 4.78 is 11.4. The van der Waals surface area contributed by atoms with E-state index in [4.69, 9.17) is 9.47 Å². The van der Waals surface area contributed by atoms with E-state index in [2.05, 4.69) is 33.1 Å². The maximum absolute atomic E-state index is 11.7. The molecule has 146 valence electrons. The summed E-state index contributed by atoms with van der Waals surface area (Å²) in [4.78, 5) is 19.9. The number of nitrogens with zero attached hydrogens (tertiary/aromatic N) is 5. The van der Waals surface area contributed by atoms with Gasteiger partial charge in [0.2, 0.25) is 5.16 Å². The number of morpholine rings is 1. The van der Waals surface area contributed by atoms with Gasteiger partial charge < -0.3 is 9.47 Å². The lowest BCUT2D eigenvalue weighted by atomic mass is 10.2. The molecule has 10 heteroatoms. The normalized spacial score (nSPS) is 15.0. The predicted octanol–water partition coefficient (Wildman–Crippen LogP) is 2.31. The summed E-state index contributed by atoms with van der Waals surface area (Å²) in [6.45, 7) is 6.83. The third kappa shape index (κ3) is 5.44. The fraction of sp³-hybridized carbons (Fsp3) is 0.529. The minimum Gasteiger partial charge on any atom is -0.452 e. The molecule has 0 aromatic carbocycles. The first kappa shape index (κ1) is 20.1. The summed E-state index contributed by atoms with van der Waals surface area (Å²) in [6, 6.07) is 2.06. The van der Waals surface area contributed by atoms with Crippen LogP contribution in [0.2, 0.25) is 0 Å². The van der Waals surface area contributed by atoms with E-state index in [1.165, 1.54) is 40.2 Å². The Hall–Kier alpha value is -1.62. The number of rotatable bonds is 7. The van der Waals surface area contributed by atoms with Crippen molar-refractivity contribution in [2.45, 2.75) is 22.7 Å². The minimum atomic E-state index is -0.500. The molecular formula is C17H23N5O3S2. The molecule has 0 aliphatic carbocycles. The van der Waals surface area contributed by atoms with E-state index in [0.29, 0.717) is 10.9 Å². The quantitative estimate of drug-likeness (QED) is 0.640. The first-order valence-electron chi connectivity index (χ1n) is 8.67. The van der Waals surface area contributed by atoms with Crippen molar-refractivity contribution >= 4 is 29.6 Å². The summed E-state index contributed by atoms with van der Waals surface area (Å²) in [7, 11) is 1.33. The molecular weight excluding hydrogens is 386 g/mol. The highest BCUT2D eigenvalue weighted by Crippen LogP contribution is 2.27. The highest BCUT2D eigenvalue weighted by Gasteiger charge is 2.15. The second kappa shape index (κ2) is 10.1. The molecule has 0 saturated carbocycles. The maximum atomic E-state index is 11.7. The zero-order chi connectivity index (χ0) is 19.1. The minimum absolute atomic E-state index is 0.494. The standard InChI is InChI=1S/C17H23N5O3S2/c1-13-14(11-27-16-20-19-12-22(16)17(23)24-2)18-4-3-15(13)26-10-7-21-5-8-25-9-6-21/h3-4,12H,5-11H2,1-2H3. The maximum Gasteiger partial charge on any atom is 0.421 e. The van der Waals surface area contributed by atoms with Gasteiger partial charge in [-0.15, -0.1) is 22.0 Å². The Morgan fingerprint density at radius 2 is 2.15 bits per heavy atom. The van der Waals surface area contributed by atoms with Crippen molar-refractivity contribution < 1.29 is 14.3 Å². The lowest BCUT2D eigenvalue weighted by molar-refractivity contribution is 0.0410. The molecule has 2 aromatic rings. The molecule has 3 rings (SSSR count). The first-order valence-corrected chi connectivity index (χ1v) is 10.6. The molecule has 0 spiro atoms. The zero-order valence-corrected chi connectivity index (χ0v) is 17.1. The summed E-state index contributed by atoms with van der Waals surface area (Å²) in [5.74, 6) is 1.65. The average molecular weight is 410 g/mol. The Morgan fingerprint density at radius 3 is 2.93 bits per heavy atom. The molecule has 1 aliphatic heterocycles. The number of ether oxygens (including phenoxy) is 2. The molecule has 1 saturated heterocycles. The molecule has 0 amide bonds. The van der Waals surface area contributed by atoms with Gasteiger partial charge in [0.1, 0.15) is 6.33 Å². The number of pyridine rings is 1. The van der Waals surface area contributed by atoms with Gasteiger partial charge in [-0.1, -0.05) is 11.8 Å². The number of carbonyl (C=O) groups is 1. The van der Waals surface area contributed by atoms with Crippen LogP contribution in [0.25, 0.3) is 0 Å². The molecule has 0 radical (unpaired) electrons. The molecule has 8 nitrogen and oxygen atoms in total. The van der Waals surface area contributed by atoms with Crippen LogP contribution in [-0.4, -0.2) is 76.5 Å². The van der Waals surface area contributed by atoms with E-state index in [0.717, 1.165) is 44.3 Å². The summed E-state index contributed by atoms with van der Waals surface area (Å²) in [6.07, 6.45) is 2.69. The van der Waals surface area contributed by atoms with Crippen LogP contribution >= 0.6 is 23.5 Å². The van der Waals surface area contributed by atoms with Crippen molar-refractivity contribution in [3.05, 3.63) is 29.8 Å². The van der Waals surface area contributed by atoms with Gasteiger partial charge in [-0.05, 0) is 18.6 Å². The van der Waals surface area contributed by atoms with Gasteiger partial charge in [-0.25, -0.2) is 9.36 Å². The monoisotopic (exact) mass is 409 g/mol. The van der Waals surface area contributed by atoms with Gasteiger partial charge in [-0.3, -0.25) is 9.88 Å². The van der Waals surface area contributed by atoms with E-state index in [-0.39, 0.29) is 0 Å². The topological polar surface area (TPSA) is 82.4 Å². The van der Waals surface area contributed by atoms with Crippen LogP contribution in [0.1, 0.15) is 11.3 Å². The van der Waals surface area contributed by atoms with Gasteiger partial charge in [0.25, 0.3) is 0 Å². The lowest BCUT2D eigenvalue weighted by Gasteiger charge is -2.26. The highest BCUT2D eigenvalue weighted by atomic mass is 32.2. The molecule has 2 aromatic heterocycles. The van der Waals surface area contributed by atoms with Gasteiger partial charge in [0.15, 0.2) is 0 Å². The highest BCUT2D eigenvalue weighted by molar-refractivity contribution is 7.99. The van der Waals surface area contributed by atoms with Crippen LogP contribution in [0, 0.1) is 6.92 Å². The van der Waals surface area contributed by atoms with Crippen LogP contribution in [0.15, 0.2) is 28.6 Å². The molecule has 3 heterocycles. The van der Waals surface area contributed by atoms with Gasteiger partial charge in [-0.2, -0.15) is 0 Å². The van der Waals surface area contributed by atoms with Crippen LogP contribution in [0.3, 0.4) is 0 Å². The van der Waals surface area contributed by atoms with E-state index < -0.39 is 6.09 Å². The van der Waals surface area contributed by atoms with Crippen molar-refractivity contribution in [2.75, 3.05) is 45.7 Å². The number of thioether (sulfide) groups is 2. The summed E-state index contributed by atoms with van der Waals surface area (Å²) in [5.41, 5.74) is 2.15. The Labute approximate surface area is 167 Å². The SMILES string of the molecule is COC(=O)n1cnnc1SCc1nccc(SCCN2CCOCC2)c1C. The lowest BCUT2D eigenvalue weighted by Crippen LogP contribution is -2.37. The number of carbonyl (C=O) groups excluding carboxylic acids is 1. The largest absolute Gasteiger partial charge is 0.452 e. The number of methoxy groups -OCH3 is 1. The van der Waals surface area contributed by atoms with E-state index >= 15 is 0 Å². The number of hydrogen-bond donors (Lipinski definition) is 0. The van der Waals surface area contributed by atoms with Gasteiger partial charge in [0, 0.05) is 42.2 Å². The van der Waals surface area contributed by atoms with E-state index in [1.807, 2.05) is 18.0 Å². The van der Waals surface area contributed by atoms with Crippen molar-refractivity contribution in [1.29, 1.82) is 0 Å². The average Bonchev–Trinajstić information content (AvgIpc) is 3.17. The van der Waals surface area contributed by atoms with Crippen LogP contribution in [0.4, 0.5) is 4.79 Å². The van der Waals surface area contributed by atoms with Crippen molar-refractivity contribution in [2.24, 2.45) is 0 Å².